The minimum Gasteiger partial charge on any atom is -0.421 e. The summed E-state index contributed by atoms with van der Waals surface area (Å²) in [6.45, 7) is 2.98. The quantitative estimate of drug-likeness (QED) is 0.588. The van der Waals surface area contributed by atoms with E-state index in [0.29, 0.717) is 11.6 Å². The third-order valence-electron chi connectivity index (χ3n) is 4.07. The number of hydrogen-bond donors (Lipinski definition) is 0. The van der Waals surface area contributed by atoms with E-state index < -0.39 is 32.7 Å². The van der Waals surface area contributed by atoms with E-state index >= 15 is 0 Å². The molecule has 29 heavy (non-hydrogen) atoms. The minimum absolute atomic E-state index is 0.160. The van der Waals surface area contributed by atoms with Crippen LogP contribution in [0.1, 0.15) is 13.8 Å². The molecular formula is C19H17F2N3O4S. The van der Waals surface area contributed by atoms with Gasteiger partial charge in [0.15, 0.2) is 26.4 Å². The molecule has 0 aliphatic heterocycles. The number of halogens is 2. The molecule has 0 saturated carbocycles. The molecule has 0 fully saturated rings. The van der Waals surface area contributed by atoms with Crippen molar-refractivity contribution in [2.45, 2.75) is 24.1 Å². The molecule has 1 aromatic carbocycles. The average molecular weight is 421 g/mol. The van der Waals surface area contributed by atoms with Gasteiger partial charge >= 0.3 is 6.01 Å². The SMILES string of the molecule is CC(C)S(=O)(=O)c1cc(-c2ccc(=O)n(C)c2)nc(Oc2ccc(F)cc2F)n1. The topological polar surface area (TPSA) is 91.2 Å². The fraction of sp³-hybridized carbons (Fsp3) is 0.211. The van der Waals surface area contributed by atoms with Gasteiger partial charge in [0, 0.05) is 37.0 Å². The minimum atomic E-state index is -3.81. The lowest BCUT2D eigenvalue weighted by molar-refractivity contribution is 0.404. The van der Waals surface area contributed by atoms with Crippen LogP contribution < -0.4 is 10.3 Å². The van der Waals surface area contributed by atoms with Crippen LogP contribution in [-0.2, 0) is 16.9 Å². The van der Waals surface area contributed by atoms with Crippen molar-refractivity contribution in [1.29, 1.82) is 0 Å². The molecule has 0 spiro atoms. The molecule has 3 aromatic rings. The van der Waals surface area contributed by atoms with Crippen molar-refractivity contribution in [3.63, 3.8) is 0 Å². The van der Waals surface area contributed by atoms with Gasteiger partial charge in [-0.25, -0.2) is 17.2 Å². The number of hydrogen-bond acceptors (Lipinski definition) is 6. The Morgan fingerprint density at radius 2 is 1.79 bits per heavy atom. The third kappa shape index (κ3) is 4.32. The summed E-state index contributed by atoms with van der Waals surface area (Å²) in [4.78, 5) is 19.7. The van der Waals surface area contributed by atoms with E-state index in [2.05, 4.69) is 9.97 Å². The van der Waals surface area contributed by atoms with Gasteiger partial charge < -0.3 is 9.30 Å². The molecule has 0 aliphatic carbocycles. The Morgan fingerprint density at radius 1 is 1.07 bits per heavy atom. The lowest BCUT2D eigenvalue weighted by Gasteiger charge is -2.12. The van der Waals surface area contributed by atoms with Crippen LogP contribution in [0.25, 0.3) is 11.3 Å². The molecule has 0 atom stereocenters. The van der Waals surface area contributed by atoms with E-state index in [9.17, 15) is 22.0 Å². The maximum absolute atomic E-state index is 13.9. The molecule has 0 bridgehead atoms. The van der Waals surface area contributed by atoms with Crippen LogP contribution in [0.15, 0.2) is 52.4 Å². The van der Waals surface area contributed by atoms with Crippen LogP contribution in [0.4, 0.5) is 8.78 Å². The second-order valence-electron chi connectivity index (χ2n) is 6.51. The molecule has 3 rings (SSSR count). The number of ether oxygens (including phenoxy) is 1. The molecule has 0 radical (unpaired) electrons. The molecule has 7 nitrogen and oxygen atoms in total. The number of aryl methyl sites for hydroxylation is 1. The summed E-state index contributed by atoms with van der Waals surface area (Å²) < 4.78 is 58.9. The van der Waals surface area contributed by atoms with Crippen LogP contribution in [0.5, 0.6) is 11.8 Å². The molecule has 0 aliphatic rings. The van der Waals surface area contributed by atoms with E-state index in [-0.39, 0.29) is 22.0 Å². The van der Waals surface area contributed by atoms with E-state index in [1.807, 2.05) is 0 Å². The van der Waals surface area contributed by atoms with E-state index in [1.54, 1.807) is 0 Å². The van der Waals surface area contributed by atoms with Gasteiger partial charge in [0.1, 0.15) is 5.82 Å². The maximum Gasteiger partial charge on any atom is 0.323 e. The van der Waals surface area contributed by atoms with Crippen molar-refractivity contribution in [2.24, 2.45) is 7.05 Å². The molecular weight excluding hydrogens is 404 g/mol. The highest BCUT2D eigenvalue weighted by atomic mass is 32.2. The first-order valence-corrected chi connectivity index (χ1v) is 10.1. The number of benzene rings is 1. The standard InChI is InChI=1S/C19H17F2N3O4S/c1-11(2)29(26,27)17-9-15(12-4-7-18(25)24(3)10-12)22-19(23-17)28-16-6-5-13(20)8-14(16)21/h4-11H,1-3H3. The maximum atomic E-state index is 13.9. The Morgan fingerprint density at radius 3 is 2.41 bits per heavy atom. The fourth-order valence-electron chi connectivity index (χ4n) is 2.39. The van der Waals surface area contributed by atoms with Gasteiger partial charge in [0.2, 0.25) is 5.56 Å². The van der Waals surface area contributed by atoms with Gasteiger partial charge in [-0.15, -0.1) is 0 Å². The van der Waals surface area contributed by atoms with Crippen molar-refractivity contribution in [3.05, 3.63) is 64.6 Å². The summed E-state index contributed by atoms with van der Waals surface area (Å²) in [5.74, 6) is -2.15. The molecule has 0 saturated heterocycles. The van der Waals surface area contributed by atoms with E-state index in [0.717, 1.165) is 12.1 Å². The molecule has 0 amide bonds. The van der Waals surface area contributed by atoms with Crippen molar-refractivity contribution in [1.82, 2.24) is 14.5 Å². The predicted molar refractivity (Wildman–Crippen MR) is 101 cm³/mol. The zero-order valence-corrected chi connectivity index (χ0v) is 16.6. The normalized spacial score (nSPS) is 11.7. The van der Waals surface area contributed by atoms with Gasteiger partial charge in [-0.3, -0.25) is 4.79 Å². The van der Waals surface area contributed by atoms with Crippen LogP contribution in [0.3, 0.4) is 0 Å². The Hall–Kier alpha value is -3.14. The third-order valence-corrected chi connectivity index (χ3v) is 6.10. The van der Waals surface area contributed by atoms with Gasteiger partial charge in [-0.05, 0) is 32.0 Å². The molecule has 2 aromatic heterocycles. The lowest BCUT2D eigenvalue weighted by atomic mass is 10.2. The molecule has 0 N–H and O–H groups in total. The van der Waals surface area contributed by atoms with Crippen molar-refractivity contribution in [2.75, 3.05) is 0 Å². The summed E-state index contributed by atoms with van der Waals surface area (Å²) in [6, 6.07) is 6.25. The monoisotopic (exact) mass is 421 g/mol. The van der Waals surface area contributed by atoms with Crippen LogP contribution >= 0.6 is 0 Å². The Bertz CT molecular complexity index is 1240. The van der Waals surface area contributed by atoms with Gasteiger partial charge in [-0.2, -0.15) is 9.97 Å². The first-order valence-electron chi connectivity index (χ1n) is 8.51. The van der Waals surface area contributed by atoms with Crippen LogP contribution in [-0.4, -0.2) is 28.2 Å². The van der Waals surface area contributed by atoms with Crippen molar-refractivity contribution >= 4 is 9.84 Å². The number of aromatic nitrogens is 3. The Kier molecular flexibility index (Phi) is 5.47. The summed E-state index contributed by atoms with van der Waals surface area (Å²) in [5, 5.41) is -1.09. The highest BCUT2D eigenvalue weighted by Gasteiger charge is 2.24. The zero-order valence-electron chi connectivity index (χ0n) is 15.8. The Balaban J connectivity index is 2.17. The summed E-state index contributed by atoms with van der Waals surface area (Å²) in [6.07, 6.45) is 1.47. The predicted octanol–water partition coefficient (Wildman–Crippen LogP) is 3.09. The second-order valence-corrected chi connectivity index (χ2v) is 8.96. The average Bonchev–Trinajstić information content (AvgIpc) is 2.66. The molecule has 2 heterocycles. The van der Waals surface area contributed by atoms with Gasteiger partial charge in [0.25, 0.3) is 0 Å². The van der Waals surface area contributed by atoms with Crippen molar-refractivity contribution < 1.29 is 21.9 Å². The summed E-state index contributed by atoms with van der Waals surface area (Å²) >= 11 is 0. The van der Waals surface area contributed by atoms with E-state index in [4.69, 9.17) is 4.74 Å². The summed E-state index contributed by atoms with van der Waals surface area (Å²) in [7, 11) is -2.28. The first-order chi connectivity index (χ1) is 13.6. The van der Waals surface area contributed by atoms with Crippen molar-refractivity contribution in [3.8, 4) is 23.0 Å². The number of rotatable bonds is 5. The van der Waals surface area contributed by atoms with Crippen LogP contribution in [0, 0.1) is 11.6 Å². The number of nitrogens with zero attached hydrogens (tertiary/aromatic N) is 3. The molecule has 0 unspecified atom stereocenters. The second kappa shape index (κ2) is 7.70. The highest BCUT2D eigenvalue weighted by Crippen LogP contribution is 2.27. The smallest absolute Gasteiger partial charge is 0.323 e. The number of sulfone groups is 1. The Labute approximate surface area is 165 Å². The molecule has 152 valence electrons. The number of pyridine rings is 1. The molecule has 10 heteroatoms. The first kappa shape index (κ1) is 20.6. The largest absolute Gasteiger partial charge is 0.421 e. The highest BCUT2D eigenvalue weighted by molar-refractivity contribution is 7.91. The van der Waals surface area contributed by atoms with E-state index in [1.165, 1.54) is 49.9 Å². The van der Waals surface area contributed by atoms with Crippen LogP contribution in [0.2, 0.25) is 0 Å². The summed E-state index contributed by atoms with van der Waals surface area (Å²) in [5.41, 5.74) is 0.328. The fourth-order valence-corrected chi connectivity index (χ4v) is 3.35. The van der Waals surface area contributed by atoms with Gasteiger partial charge in [-0.1, -0.05) is 0 Å². The zero-order chi connectivity index (χ0) is 21.3. The van der Waals surface area contributed by atoms with Gasteiger partial charge in [0.05, 0.1) is 10.9 Å². The lowest BCUT2D eigenvalue weighted by Crippen LogP contribution is -2.17.